The molecule has 1 aliphatic heterocycles. The van der Waals surface area contributed by atoms with Crippen molar-refractivity contribution in [1.82, 2.24) is 20.2 Å². The Morgan fingerprint density at radius 3 is 2.43 bits per heavy atom. The number of fused-ring (bicyclic) bond motifs is 1. The number of halogens is 2. The number of hydrogen-bond donors (Lipinski definition) is 1. The van der Waals surface area contributed by atoms with Crippen LogP contribution in [0.4, 0.5) is 20.7 Å². The molecule has 5 rings (SSSR count). The molecule has 3 heterocycles. The van der Waals surface area contributed by atoms with Crippen molar-refractivity contribution in [3.05, 3.63) is 47.3 Å². The maximum absolute atomic E-state index is 13.4. The Balaban J connectivity index is 1.24. The molecule has 3 aromatic rings. The van der Waals surface area contributed by atoms with Gasteiger partial charge in [0.15, 0.2) is 11.6 Å². The first kappa shape index (κ1) is 18.5. The highest BCUT2D eigenvalue weighted by atomic mass is 19.2. The van der Waals surface area contributed by atoms with Crippen LogP contribution in [0.1, 0.15) is 17.5 Å². The maximum atomic E-state index is 13.4. The predicted octanol–water partition coefficient (Wildman–Crippen LogP) is 2.84. The largest absolute Gasteiger partial charge is 0.403 e. The summed E-state index contributed by atoms with van der Waals surface area (Å²) in [6.07, 6.45) is 10.8. The standard InChI is InChI=1S/C21H18F2N6O/c1-2-12-3-4-29(11-12)21-28-27-19(30-21)15-9-24-20(25-10-15)26-16-5-13-7-17(22)18(23)8-14(13)6-16/h1,7-10,12,16H,3-6,11H2,(H,24,25,26). The topological polar surface area (TPSA) is 80.0 Å². The van der Waals surface area contributed by atoms with E-state index in [1.807, 2.05) is 4.90 Å². The summed E-state index contributed by atoms with van der Waals surface area (Å²) < 4.78 is 32.6. The van der Waals surface area contributed by atoms with Gasteiger partial charge in [0.25, 0.3) is 5.89 Å². The van der Waals surface area contributed by atoms with Gasteiger partial charge in [-0.15, -0.1) is 17.4 Å². The van der Waals surface area contributed by atoms with Gasteiger partial charge in [-0.2, -0.15) is 0 Å². The van der Waals surface area contributed by atoms with E-state index in [0.29, 0.717) is 42.8 Å². The molecule has 0 spiro atoms. The Kier molecular flexibility index (Phi) is 4.54. The average molecular weight is 408 g/mol. The zero-order valence-corrected chi connectivity index (χ0v) is 16.0. The minimum atomic E-state index is -0.822. The number of anilines is 2. The molecule has 1 aliphatic carbocycles. The fourth-order valence-corrected chi connectivity index (χ4v) is 3.94. The van der Waals surface area contributed by atoms with Crippen molar-refractivity contribution < 1.29 is 13.2 Å². The summed E-state index contributed by atoms with van der Waals surface area (Å²) in [4.78, 5) is 10.6. The Bertz CT molecular complexity index is 1090. The molecule has 1 N–H and O–H groups in total. The lowest BCUT2D eigenvalue weighted by Crippen LogP contribution is -2.20. The van der Waals surface area contributed by atoms with Crippen molar-refractivity contribution >= 4 is 12.0 Å². The van der Waals surface area contributed by atoms with E-state index in [1.54, 1.807) is 12.4 Å². The zero-order valence-electron chi connectivity index (χ0n) is 16.0. The van der Waals surface area contributed by atoms with Gasteiger partial charge < -0.3 is 14.6 Å². The van der Waals surface area contributed by atoms with Crippen molar-refractivity contribution in [2.45, 2.75) is 25.3 Å². The second kappa shape index (κ2) is 7.37. The number of benzene rings is 1. The molecule has 1 aromatic carbocycles. The summed E-state index contributed by atoms with van der Waals surface area (Å²) >= 11 is 0. The van der Waals surface area contributed by atoms with Crippen molar-refractivity contribution in [1.29, 1.82) is 0 Å². The molecule has 1 unspecified atom stereocenters. The summed E-state index contributed by atoms with van der Waals surface area (Å²) in [6, 6.07) is 2.93. The molecule has 0 saturated carbocycles. The van der Waals surface area contributed by atoms with Gasteiger partial charge in [-0.1, -0.05) is 5.10 Å². The van der Waals surface area contributed by atoms with E-state index in [9.17, 15) is 8.78 Å². The highest BCUT2D eigenvalue weighted by Crippen LogP contribution is 2.28. The molecule has 9 heteroatoms. The van der Waals surface area contributed by atoms with Crippen LogP contribution in [0.3, 0.4) is 0 Å². The third kappa shape index (κ3) is 3.45. The van der Waals surface area contributed by atoms with Gasteiger partial charge in [0.2, 0.25) is 5.95 Å². The van der Waals surface area contributed by atoms with Gasteiger partial charge in [0, 0.05) is 37.4 Å². The van der Waals surface area contributed by atoms with Crippen LogP contribution >= 0.6 is 0 Å². The van der Waals surface area contributed by atoms with Gasteiger partial charge in [0.1, 0.15) is 0 Å². The van der Waals surface area contributed by atoms with Gasteiger partial charge in [-0.25, -0.2) is 18.7 Å². The van der Waals surface area contributed by atoms with Crippen molar-refractivity contribution in [2.75, 3.05) is 23.3 Å². The molecule has 0 bridgehead atoms. The van der Waals surface area contributed by atoms with Crippen LogP contribution in [-0.4, -0.2) is 39.3 Å². The minimum Gasteiger partial charge on any atom is -0.403 e. The molecule has 2 aliphatic rings. The number of terminal acetylenes is 1. The molecule has 7 nitrogen and oxygen atoms in total. The van der Waals surface area contributed by atoms with Crippen LogP contribution in [0.2, 0.25) is 0 Å². The second-order valence-corrected chi connectivity index (χ2v) is 7.57. The number of hydrogen-bond acceptors (Lipinski definition) is 7. The van der Waals surface area contributed by atoms with E-state index >= 15 is 0 Å². The molecular weight excluding hydrogens is 390 g/mol. The Morgan fingerprint density at radius 2 is 1.80 bits per heavy atom. The van der Waals surface area contributed by atoms with Crippen molar-refractivity contribution in [2.24, 2.45) is 5.92 Å². The molecule has 0 radical (unpaired) electrons. The second-order valence-electron chi connectivity index (χ2n) is 7.57. The molecule has 30 heavy (non-hydrogen) atoms. The van der Waals surface area contributed by atoms with E-state index in [2.05, 4.69) is 31.4 Å². The molecule has 0 amide bonds. The van der Waals surface area contributed by atoms with E-state index in [-0.39, 0.29) is 12.0 Å². The Labute approximate surface area is 171 Å². The van der Waals surface area contributed by atoms with Gasteiger partial charge in [-0.05, 0) is 42.5 Å². The molecule has 1 saturated heterocycles. The Hall–Kier alpha value is -3.54. The normalized spacial score (nSPS) is 18.4. The lowest BCUT2D eigenvalue weighted by molar-refractivity contribution is 0.507. The lowest BCUT2D eigenvalue weighted by Gasteiger charge is -2.11. The molecule has 1 atom stereocenters. The first-order valence-electron chi connectivity index (χ1n) is 9.69. The minimum absolute atomic E-state index is 0.0266. The summed E-state index contributed by atoms with van der Waals surface area (Å²) in [5.41, 5.74) is 2.21. The Morgan fingerprint density at radius 1 is 1.10 bits per heavy atom. The van der Waals surface area contributed by atoms with Gasteiger partial charge in [0.05, 0.1) is 5.56 Å². The fraction of sp³-hybridized carbons (Fsp3) is 0.333. The fourth-order valence-electron chi connectivity index (χ4n) is 3.94. The van der Waals surface area contributed by atoms with Gasteiger partial charge >= 0.3 is 6.01 Å². The molecule has 2 aromatic heterocycles. The van der Waals surface area contributed by atoms with Crippen molar-refractivity contribution in [3.8, 4) is 23.8 Å². The molecule has 1 fully saturated rings. The summed E-state index contributed by atoms with van der Waals surface area (Å²) in [7, 11) is 0. The summed E-state index contributed by atoms with van der Waals surface area (Å²) in [5, 5.41) is 11.4. The number of nitrogens with one attached hydrogen (secondary N) is 1. The van der Waals surface area contributed by atoms with E-state index in [1.165, 1.54) is 12.1 Å². The average Bonchev–Trinajstić information content (AvgIpc) is 3.48. The monoisotopic (exact) mass is 408 g/mol. The molecule has 152 valence electrons. The summed E-state index contributed by atoms with van der Waals surface area (Å²) in [6.45, 7) is 1.49. The highest BCUT2D eigenvalue weighted by molar-refractivity contribution is 5.52. The maximum Gasteiger partial charge on any atom is 0.318 e. The number of rotatable bonds is 4. The quantitative estimate of drug-likeness (QED) is 0.665. The predicted molar refractivity (Wildman–Crippen MR) is 106 cm³/mol. The van der Waals surface area contributed by atoms with Crippen LogP contribution in [0.5, 0.6) is 0 Å². The van der Waals surface area contributed by atoms with Gasteiger partial charge in [-0.3, -0.25) is 0 Å². The van der Waals surface area contributed by atoms with E-state index < -0.39 is 11.6 Å². The first-order valence-corrected chi connectivity index (χ1v) is 9.69. The summed E-state index contributed by atoms with van der Waals surface area (Å²) in [5.74, 6) is 2.07. The third-order valence-electron chi connectivity index (χ3n) is 5.52. The zero-order chi connectivity index (χ0) is 20.7. The van der Waals surface area contributed by atoms with Crippen LogP contribution < -0.4 is 10.2 Å². The first-order chi connectivity index (χ1) is 14.6. The smallest absolute Gasteiger partial charge is 0.318 e. The van der Waals surface area contributed by atoms with Crippen molar-refractivity contribution in [3.63, 3.8) is 0 Å². The van der Waals surface area contributed by atoms with Crippen LogP contribution in [0.25, 0.3) is 11.5 Å². The third-order valence-corrected chi connectivity index (χ3v) is 5.52. The SMILES string of the molecule is C#CC1CCN(c2nnc(-c3cnc(NC4Cc5cc(F)c(F)cc5C4)nc3)o2)C1. The van der Waals surface area contributed by atoms with E-state index in [4.69, 9.17) is 10.8 Å². The highest BCUT2D eigenvalue weighted by Gasteiger charge is 2.26. The number of aromatic nitrogens is 4. The van der Waals surface area contributed by atoms with Crippen LogP contribution in [0, 0.1) is 29.9 Å². The van der Waals surface area contributed by atoms with E-state index in [0.717, 1.165) is 24.1 Å². The van der Waals surface area contributed by atoms with Crippen LogP contribution in [0.15, 0.2) is 28.9 Å². The lowest BCUT2D eigenvalue weighted by atomic mass is 10.1. The number of nitrogens with zero attached hydrogens (tertiary/aromatic N) is 5. The van der Waals surface area contributed by atoms with Crippen LogP contribution in [-0.2, 0) is 12.8 Å². The molecular formula is C21H18F2N6O.